The van der Waals surface area contributed by atoms with Crippen LogP contribution in [0.4, 0.5) is 0 Å². The van der Waals surface area contributed by atoms with E-state index in [1.807, 2.05) is 31.2 Å². The molecule has 0 bridgehead atoms. The Morgan fingerprint density at radius 1 is 0.724 bits per heavy atom. The summed E-state index contributed by atoms with van der Waals surface area (Å²) in [5, 5.41) is 0.145. The van der Waals surface area contributed by atoms with Crippen LogP contribution in [0.15, 0.2) is 66.7 Å². The van der Waals surface area contributed by atoms with Crippen molar-refractivity contribution in [2.45, 2.75) is 26.7 Å². The predicted molar refractivity (Wildman–Crippen MR) is 113 cm³/mol. The minimum absolute atomic E-state index is 0.145. The summed E-state index contributed by atoms with van der Waals surface area (Å²) in [6, 6.07) is 18.9. The van der Waals surface area contributed by atoms with Crippen molar-refractivity contribution < 1.29 is 19.1 Å². The summed E-state index contributed by atoms with van der Waals surface area (Å²) in [4.78, 5) is 24.7. The van der Waals surface area contributed by atoms with Gasteiger partial charge in [0.25, 0.3) is 0 Å². The van der Waals surface area contributed by atoms with Crippen LogP contribution in [-0.4, -0.2) is 11.9 Å². The maximum atomic E-state index is 12.4. The molecule has 4 nitrogen and oxygen atoms in total. The molecule has 29 heavy (non-hydrogen) atoms. The molecule has 5 heteroatoms. The van der Waals surface area contributed by atoms with Crippen LogP contribution in [0.1, 0.15) is 45.7 Å². The average molecular weight is 409 g/mol. The monoisotopic (exact) mass is 408 g/mol. The van der Waals surface area contributed by atoms with Crippen LogP contribution in [0, 0.1) is 0 Å². The topological polar surface area (TPSA) is 52.6 Å². The molecule has 0 atom stereocenters. The number of carbonyl (C=O) groups is 2. The molecule has 3 aromatic rings. The number of rotatable bonds is 6. The van der Waals surface area contributed by atoms with Gasteiger partial charge < -0.3 is 9.47 Å². The van der Waals surface area contributed by atoms with Gasteiger partial charge in [0.05, 0.1) is 16.1 Å². The van der Waals surface area contributed by atoms with E-state index in [0.717, 1.165) is 24.0 Å². The first-order valence-electron chi connectivity index (χ1n) is 9.42. The van der Waals surface area contributed by atoms with E-state index in [2.05, 4.69) is 6.92 Å². The summed E-state index contributed by atoms with van der Waals surface area (Å²) in [5.41, 5.74) is 2.92. The van der Waals surface area contributed by atoms with E-state index in [0.29, 0.717) is 11.3 Å². The number of hydrogen-bond donors (Lipinski definition) is 0. The lowest BCUT2D eigenvalue weighted by atomic mass is 10.1. The zero-order valence-electron chi connectivity index (χ0n) is 16.3. The zero-order valence-corrected chi connectivity index (χ0v) is 17.0. The standard InChI is InChI=1S/C24H21ClO4/c1-3-16-5-9-18(10-6-16)23(26)29-20-13-14-21(22(25)15-20)24(27)28-19-11-7-17(4-2)8-12-19/h5-15H,3-4H2,1-2H3. The lowest BCUT2D eigenvalue weighted by Gasteiger charge is -2.09. The van der Waals surface area contributed by atoms with Gasteiger partial charge >= 0.3 is 11.9 Å². The van der Waals surface area contributed by atoms with Gasteiger partial charge in [0.15, 0.2) is 0 Å². The summed E-state index contributed by atoms with van der Waals surface area (Å²) in [7, 11) is 0. The van der Waals surface area contributed by atoms with E-state index in [1.165, 1.54) is 18.2 Å². The normalized spacial score (nSPS) is 10.4. The molecule has 3 rings (SSSR count). The lowest BCUT2D eigenvalue weighted by molar-refractivity contribution is 0.0730. The number of ether oxygens (including phenoxy) is 2. The molecule has 0 aliphatic carbocycles. The third kappa shape index (κ3) is 5.24. The molecular weight excluding hydrogens is 388 g/mol. The van der Waals surface area contributed by atoms with Crippen molar-refractivity contribution >= 4 is 23.5 Å². The SMILES string of the molecule is CCc1ccc(OC(=O)c2ccc(OC(=O)c3ccc(CC)cc3)cc2Cl)cc1. The Balaban J connectivity index is 1.68. The van der Waals surface area contributed by atoms with Gasteiger partial charge in [-0.05, 0) is 60.4 Å². The van der Waals surface area contributed by atoms with Crippen molar-refractivity contribution in [1.82, 2.24) is 0 Å². The predicted octanol–water partition coefficient (Wildman–Crippen LogP) is 5.90. The van der Waals surface area contributed by atoms with Gasteiger partial charge in [-0.25, -0.2) is 9.59 Å². The summed E-state index contributed by atoms with van der Waals surface area (Å²) in [6.45, 7) is 4.09. The molecule has 0 aliphatic heterocycles. The highest BCUT2D eigenvalue weighted by atomic mass is 35.5. The third-order valence-corrected chi connectivity index (χ3v) is 4.82. The van der Waals surface area contributed by atoms with Crippen LogP contribution < -0.4 is 9.47 Å². The van der Waals surface area contributed by atoms with Crippen molar-refractivity contribution in [2.75, 3.05) is 0 Å². The van der Waals surface area contributed by atoms with Gasteiger partial charge in [-0.15, -0.1) is 0 Å². The third-order valence-electron chi connectivity index (χ3n) is 4.51. The van der Waals surface area contributed by atoms with Gasteiger partial charge in [-0.1, -0.05) is 49.7 Å². The van der Waals surface area contributed by atoms with E-state index in [4.69, 9.17) is 21.1 Å². The summed E-state index contributed by atoms with van der Waals surface area (Å²) in [6.07, 6.45) is 1.80. The van der Waals surface area contributed by atoms with Crippen LogP contribution in [0.5, 0.6) is 11.5 Å². The molecule has 0 radical (unpaired) electrons. The maximum absolute atomic E-state index is 12.4. The van der Waals surface area contributed by atoms with E-state index < -0.39 is 11.9 Å². The summed E-state index contributed by atoms with van der Waals surface area (Å²) in [5.74, 6) is -0.375. The van der Waals surface area contributed by atoms with Crippen LogP contribution in [0.3, 0.4) is 0 Å². The zero-order chi connectivity index (χ0) is 20.8. The van der Waals surface area contributed by atoms with Gasteiger partial charge in [-0.3, -0.25) is 0 Å². The number of aryl methyl sites for hydroxylation is 2. The quantitative estimate of drug-likeness (QED) is 0.376. The fourth-order valence-electron chi connectivity index (χ4n) is 2.72. The fourth-order valence-corrected chi connectivity index (χ4v) is 2.97. The van der Waals surface area contributed by atoms with Gasteiger partial charge in [0.2, 0.25) is 0 Å². The van der Waals surface area contributed by atoms with E-state index in [1.54, 1.807) is 24.3 Å². The number of benzene rings is 3. The van der Waals surface area contributed by atoms with Gasteiger partial charge in [0, 0.05) is 6.07 Å². The van der Waals surface area contributed by atoms with Crippen molar-refractivity contribution in [3.05, 3.63) is 94.0 Å². The van der Waals surface area contributed by atoms with Crippen molar-refractivity contribution in [3.63, 3.8) is 0 Å². The highest BCUT2D eigenvalue weighted by Gasteiger charge is 2.16. The molecule has 3 aromatic carbocycles. The molecular formula is C24H21ClO4. The number of halogens is 1. The molecule has 0 amide bonds. The molecule has 148 valence electrons. The molecule has 0 aliphatic rings. The maximum Gasteiger partial charge on any atom is 0.345 e. The molecule has 0 spiro atoms. The second kappa shape index (κ2) is 9.39. The Kier molecular flexibility index (Phi) is 6.68. The molecule has 0 saturated heterocycles. The average Bonchev–Trinajstić information content (AvgIpc) is 2.74. The Morgan fingerprint density at radius 2 is 1.24 bits per heavy atom. The van der Waals surface area contributed by atoms with Crippen LogP contribution in [0.25, 0.3) is 0 Å². The molecule has 0 saturated carbocycles. The lowest BCUT2D eigenvalue weighted by Crippen LogP contribution is -2.11. The van der Waals surface area contributed by atoms with Crippen LogP contribution in [-0.2, 0) is 12.8 Å². The molecule has 0 aromatic heterocycles. The first-order chi connectivity index (χ1) is 14.0. The van der Waals surface area contributed by atoms with Crippen molar-refractivity contribution in [3.8, 4) is 11.5 Å². The Morgan fingerprint density at radius 3 is 1.79 bits per heavy atom. The molecule has 0 heterocycles. The van der Waals surface area contributed by atoms with Gasteiger partial charge in [0.1, 0.15) is 11.5 Å². The second-order valence-corrected chi connectivity index (χ2v) is 6.88. The van der Waals surface area contributed by atoms with E-state index in [-0.39, 0.29) is 16.3 Å². The van der Waals surface area contributed by atoms with Crippen LogP contribution >= 0.6 is 11.6 Å². The number of carbonyl (C=O) groups excluding carboxylic acids is 2. The Hall–Kier alpha value is -3.11. The second-order valence-electron chi connectivity index (χ2n) is 6.47. The highest BCUT2D eigenvalue weighted by Crippen LogP contribution is 2.25. The largest absolute Gasteiger partial charge is 0.423 e. The Bertz CT molecular complexity index is 1010. The molecule has 0 fully saturated rings. The van der Waals surface area contributed by atoms with Gasteiger partial charge in [-0.2, -0.15) is 0 Å². The Labute approximate surface area is 175 Å². The minimum atomic E-state index is -0.577. The summed E-state index contributed by atoms with van der Waals surface area (Å²) < 4.78 is 10.7. The van der Waals surface area contributed by atoms with Crippen molar-refractivity contribution in [2.24, 2.45) is 0 Å². The fraction of sp³-hybridized carbons (Fsp3) is 0.167. The number of esters is 2. The van der Waals surface area contributed by atoms with Crippen molar-refractivity contribution in [1.29, 1.82) is 0 Å². The molecule has 0 unspecified atom stereocenters. The highest BCUT2D eigenvalue weighted by molar-refractivity contribution is 6.33. The molecule has 0 N–H and O–H groups in total. The smallest absolute Gasteiger partial charge is 0.345 e. The van der Waals surface area contributed by atoms with Crippen LogP contribution in [0.2, 0.25) is 5.02 Å². The first kappa shape index (κ1) is 20.6. The first-order valence-corrected chi connectivity index (χ1v) is 9.79. The van der Waals surface area contributed by atoms with E-state index >= 15 is 0 Å². The minimum Gasteiger partial charge on any atom is -0.423 e. The number of hydrogen-bond acceptors (Lipinski definition) is 4. The van der Waals surface area contributed by atoms with E-state index in [9.17, 15) is 9.59 Å². The summed E-state index contributed by atoms with van der Waals surface area (Å²) >= 11 is 6.22.